The summed E-state index contributed by atoms with van der Waals surface area (Å²) < 4.78 is 16.5. The maximum absolute atomic E-state index is 12.7. The number of nitrogens with zero attached hydrogens (tertiary/aromatic N) is 1. The normalized spacial score (nSPS) is 12.1. The molecule has 0 aliphatic carbocycles. The van der Waals surface area contributed by atoms with E-state index in [4.69, 9.17) is 14.2 Å². The zero-order chi connectivity index (χ0) is 19.7. The van der Waals surface area contributed by atoms with Crippen LogP contribution < -0.4 is 19.5 Å². The maximum atomic E-state index is 12.7. The molecular formula is C21H20N2O4S. The molecule has 28 heavy (non-hydrogen) atoms. The molecule has 0 saturated carbocycles. The van der Waals surface area contributed by atoms with E-state index in [2.05, 4.69) is 10.3 Å². The SMILES string of the molecule is Cc1ccc(C)c(OCc2nc(C)c(C(=O)Nc3ccc4c(c3)OCO4)s2)c1. The van der Waals surface area contributed by atoms with Crippen LogP contribution in [0, 0.1) is 20.8 Å². The second-order valence-corrected chi connectivity index (χ2v) is 7.69. The summed E-state index contributed by atoms with van der Waals surface area (Å²) in [6.45, 7) is 6.38. The number of hydrogen-bond donors (Lipinski definition) is 1. The fourth-order valence-corrected chi connectivity index (χ4v) is 3.76. The van der Waals surface area contributed by atoms with Crippen LogP contribution in [0.3, 0.4) is 0 Å². The highest BCUT2D eigenvalue weighted by molar-refractivity contribution is 7.13. The Labute approximate surface area is 167 Å². The van der Waals surface area contributed by atoms with Crippen LogP contribution >= 0.6 is 11.3 Å². The molecule has 0 fully saturated rings. The molecule has 2 aromatic carbocycles. The van der Waals surface area contributed by atoms with Gasteiger partial charge < -0.3 is 19.5 Å². The number of hydrogen-bond acceptors (Lipinski definition) is 6. The van der Waals surface area contributed by atoms with Crippen molar-refractivity contribution in [2.75, 3.05) is 12.1 Å². The van der Waals surface area contributed by atoms with Crippen molar-refractivity contribution in [3.63, 3.8) is 0 Å². The van der Waals surface area contributed by atoms with Gasteiger partial charge in [0.2, 0.25) is 6.79 Å². The van der Waals surface area contributed by atoms with Crippen molar-refractivity contribution >= 4 is 22.9 Å². The molecule has 1 aromatic heterocycles. The van der Waals surface area contributed by atoms with E-state index < -0.39 is 0 Å². The standard InChI is InChI=1S/C21H20N2O4S/c1-12-4-5-13(2)17(8-12)25-10-19-22-14(3)20(28-19)21(24)23-15-6-7-16-18(9-15)27-11-26-16/h4-9H,10-11H2,1-3H3,(H,23,24). The van der Waals surface area contributed by atoms with E-state index in [1.165, 1.54) is 11.3 Å². The zero-order valence-corrected chi connectivity index (χ0v) is 16.7. The number of rotatable bonds is 5. The van der Waals surface area contributed by atoms with Gasteiger partial charge in [-0.1, -0.05) is 12.1 Å². The number of carbonyl (C=O) groups excluding carboxylic acids is 1. The van der Waals surface area contributed by atoms with Crippen LogP contribution in [0.2, 0.25) is 0 Å². The van der Waals surface area contributed by atoms with E-state index in [0.29, 0.717) is 34.4 Å². The Kier molecular flexibility index (Phi) is 4.92. The molecule has 1 N–H and O–H groups in total. The fourth-order valence-electron chi connectivity index (χ4n) is 2.89. The number of aromatic nitrogens is 1. The Morgan fingerprint density at radius 1 is 1.14 bits per heavy atom. The number of aryl methyl sites for hydroxylation is 3. The van der Waals surface area contributed by atoms with Gasteiger partial charge in [-0.15, -0.1) is 11.3 Å². The quantitative estimate of drug-likeness (QED) is 0.681. The summed E-state index contributed by atoms with van der Waals surface area (Å²) in [7, 11) is 0. The average Bonchev–Trinajstić information content (AvgIpc) is 3.28. The summed E-state index contributed by atoms with van der Waals surface area (Å²) >= 11 is 1.34. The molecule has 0 atom stereocenters. The Morgan fingerprint density at radius 3 is 2.82 bits per heavy atom. The number of ether oxygens (including phenoxy) is 3. The lowest BCUT2D eigenvalue weighted by Gasteiger charge is -2.08. The summed E-state index contributed by atoms with van der Waals surface area (Å²) in [5.41, 5.74) is 3.54. The highest BCUT2D eigenvalue weighted by Gasteiger charge is 2.18. The summed E-state index contributed by atoms with van der Waals surface area (Å²) in [5, 5.41) is 3.65. The van der Waals surface area contributed by atoms with Gasteiger partial charge in [-0.2, -0.15) is 0 Å². The number of amides is 1. The largest absolute Gasteiger partial charge is 0.486 e. The summed E-state index contributed by atoms with van der Waals surface area (Å²) in [6, 6.07) is 11.4. The van der Waals surface area contributed by atoms with E-state index in [1.807, 2.05) is 39.0 Å². The van der Waals surface area contributed by atoms with Crippen molar-refractivity contribution in [2.45, 2.75) is 27.4 Å². The third-order valence-corrected chi connectivity index (χ3v) is 5.50. The van der Waals surface area contributed by atoms with Crippen molar-refractivity contribution in [3.8, 4) is 17.2 Å². The van der Waals surface area contributed by atoms with Crippen LogP contribution in [0.1, 0.15) is 31.5 Å². The molecule has 2 heterocycles. The minimum atomic E-state index is -0.202. The summed E-state index contributed by atoms with van der Waals surface area (Å²) in [5.74, 6) is 1.94. The second-order valence-electron chi connectivity index (χ2n) is 6.60. The van der Waals surface area contributed by atoms with Crippen molar-refractivity contribution in [1.82, 2.24) is 4.98 Å². The van der Waals surface area contributed by atoms with Gasteiger partial charge in [0.05, 0.1) is 5.69 Å². The van der Waals surface area contributed by atoms with E-state index in [0.717, 1.165) is 21.9 Å². The minimum Gasteiger partial charge on any atom is -0.486 e. The lowest BCUT2D eigenvalue weighted by molar-refractivity contribution is 0.103. The van der Waals surface area contributed by atoms with Gasteiger partial charge in [0.25, 0.3) is 5.91 Å². The topological polar surface area (TPSA) is 69.7 Å². The van der Waals surface area contributed by atoms with Crippen LogP contribution in [0.25, 0.3) is 0 Å². The number of thiazole rings is 1. The van der Waals surface area contributed by atoms with Crippen LogP contribution in [0.4, 0.5) is 5.69 Å². The first-order chi connectivity index (χ1) is 13.5. The first-order valence-corrected chi connectivity index (χ1v) is 9.68. The molecule has 1 amide bonds. The minimum absolute atomic E-state index is 0.199. The molecule has 144 valence electrons. The maximum Gasteiger partial charge on any atom is 0.267 e. The highest BCUT2D eigenvalue weighted by atomic mass is 32.1. The lowest BCUT2D eigenvalue weighted by Crippen LogP contribution is -2.11. The van der Waals surface area contributed by atoms with Gasteiger partial charge in [0, 0.05) is 11.8 Å². The number of benzene rings is 2. The number of nitrogens with one attached hydrogen (secondary N) is 1. The van der Waals surface area contributed by atoms with Crippen molar-refractivity contribution in [3.05, 3.63) is 63.1 Å². The smallest absolute Gasteiger partial charge is 0.267 e. The Balaban J connectivity index is 1.45. The van der Waals surface area contributed by atoms with E-state index in [1.54, 1.807) is 18.2 Å². The number of carbonyl (C=O) groups is 1. The first kappa shape index (κ1) is 18.3. The molecule has 7 heteroatoms. The molecule has 0 saturated heterocycles. The van der Waals surface area contributed by atoms with Crippen LogP contribution in [-0.4, -0.2) is 17.7 Å². The van der Waals surface area contributed by atoms with Crippen molar-refractivity contribution < 1.29 is 19.0 Å². The van der Waals surface area contributed by atoms with E-state index in [9.17, 15) is 4.79 Å². The number of anilines is 1. The molecule has 0 spiro atoms. The van der Waals surface area contributed by atoms with Gasteiger partial charge in [-0.3, -0.25) is 4.79 Å². The predicted molar refractivity (Wildman–Crippen MR) is 108 cm³/mol. The van der Waals surface area contributed by atoms with Gasteiger partial charge in [-0.25, -0.2) is 4.98 Å². The molecule has 0 radical (unpaired) electrons. The summed E-state index contributed by atoms with van der Waals surface area (Å²) in [4.78, 5) is 17.7. The third-order valence-electron chi connectivity index (χ3n) is 4.37. The second kappa shape index (κ2) is 7.52. The number of fused-ring (bicyclic) bond motifs is 1. The van der Waals surface area contributed by atoms with Crippen LogP contribution in [-0.2, 0) is 6.61 Å². The van der Waals surface area contributed by atoms with Gasteiger partial charge in [0.15, 0.2) is 11.5 Å². The fraction of sp³-hybridized carbons (Fsp3) is 0.238. The molecule has 0 unspecified atom stereocenters. The Morgan fingerprint density at radius 2 is 1.96 bits per heavy atom. The van der Waals surface area contributed by atoms with Gasteiger partial charge in [-0.05, 0) is 50.1 Å². The Hall–Kier alpha value is -3.06. The molecule has 1 aliphatic heterocycles. The zero-order valence-electron chi connectivity index (χ0n) is 15.9. The van der Waals surface area contributed by atoms with Crippen LogP contribution in [0.15, 0.2) is 36.4 Å². The van der Waals surface area contributed by atoms with Gasteiger partial charge in [0.1, 0.15) is 22.2 Å². The van der Waals surface area contributed by atoms with Crippen molar-refractivity contribution in [1.29, 1.82) is 0 Å². The average molecular weight is 396 g/mol. The Bertz CT molecular complexity index is 1040. The van der Waals surface area contributed by atoms with Crippen molar-refractivity contribution in [2.24, 2.45) is 0 Å². The molecule has 6 nitrogen and oxygen atoms in total. The molecule has 3 aromatic rings. The van der Waals surface area contributed by atoms with E-state index in [-0.39, 0.29) is 12.7 Å². The van der Waals surface area contributed by atoms with E-state index >= 15 is 0 Å². The highest BCUT2D eigenvalue weighted by Crippen LogP contribution is 2.34. The summed E-state index contributed by atoms with van der Waals surface area (Å²) in [6.07, 6.45) is 0. The molecular weight excluding hydrogens is 376 g/mol. The third kappa shape index (κ3) is 3.80. The molecule has 1 aliphatic rings. The van der Waals surface area contributed by atoms with Crippen LogP contribution in [0.5, 0.6) is 17.2 Å². The molecule has 4 rings (SSSR count). The van der Waals surface area contributed by atoms with Gasteiger partial charge >= 0.3 is 0 Å². The predicted octanol–water partition coefficient (Wildman–Crippen LogP) is 4.63. The first-order valence-electron chi connectivity index (χ1n) is 8.87. The lowest BCUT2D eigenvalue weighted by atomic mass is 10.1. The molecule has 0 bridgehead atoms. The monoisotopic (exact) mass is 396 g/mol.